The minimum absolute atomic E-state index is 0.0541. The molecule has 6 aromatic rings. The Kier molecular flexibility index (Phi) is 5.82. The lowest BCUT2D eigenvalue weighted by Crippen LogP contribution is -2.22. The molecule has 0 fully saturated rings. The fraction of sp³-hybridized carbons (Fsp3) is 0.148. The first kappa shape index (κ1) is 22.2. The molecule has 0 saturated carbocycles. The zero-order valence-corrected chi connectivity index (χ0v) is 20.5. The van der Waals surface area contributed by atoms with Gasteiger partial charge in [-0.3, -0.25) is 18.3 Å². The smallest absolute Gasteiger partial charge is 0.262 e. The van der Waals surface area contributed by atoms with E-state index in [1.807, 2.05) is 72.0 Å². The van der Waals surface area contributed by atoms with Crippen LogP contribution in [0.5, 0.6) is 0 Å². The number of aryl methyl sites for hydroxylation is 1. The second-order valence-electron chi connectivity index (χ2n) is 8.34. The van der Waals surface area contributed by atoms with Crippen molar-refractivity contribution >= 4 is 28.4 Å². The summed E-state index contributed by atoms with van der Waals surface area (Å²) in [6.07, 6.45) is 0.671. The third-order valence-corrected chi connectivity index (χ3v) is 7.07. The Bertz CT molecular complexity index is 1720. The number of benzene rings is 3. The lowest BCUT2D eigenvalue weighted by molar-refractivity contribution is 0.735. The number of para-hydroxylation sites is 2. The van der Waals surface area contributed by atoms with Gasteiger partial charge in [-0.1, -0.05) is 72.4 Å². The number of hydrogen-bond donors (Lipinski definition) is 0. The maximum Gasteiger partial charge on any atom is 0.262 e. The average Bonchev–Trinajstić information content (AvgIpc) is 3.53. The highest BCUT2D eigenvalue weighted by Gasteiger charge is 2.19. The lowest BCUT2D eigenvalue weighted by atomic mass is 10.1. The van der Waals surface area contributed by atoms with Crippen molar-refractivity contribution in [3.05, 3.63) is 112 Å². The summed E-state index contributed by atoms with van der Waals surface area (Å²) >= 11 is 1.55. The number of thioether (sulfide) groups is 1. The summed E-state index contributed by atoms with van der Waals surface area (Å²) in [5.41, 5.74) is 2.93. The number of hydrogen-bond acceptors (Lipinski definition) is 6. The standard InChI is InChI=1S/C27H23N7OS/c1-2-32-25(35)21-15-9-10-16-22(21)34-24(29-30-26(32)34)18-36-27-31-28-23(17-19-11-5-3-6-12-19)33(27)20-13-7-4-8-14-20/h3-16H,2,17-18H2,1H3. The Morgan fingerprint density at radius 2 is 1.47 bits per heavy atom. The van der Waals surface area contributed by atoms with Crippen LogP contribution >= 0.6 is 11.8 Å². The largest absolute Gasteiger partial charge is 0.277 e. The van der Waals surface area contributed by atoms with E-state index < -0.39 is 0 Å². The second kappa shape index (κ2) is 9.43. The molecule has 0 N–H and O–H groups in total. The molecular weight excluding hydrogens is 470 g/mol. The predicted octanol–water partition coefficient (Wildman–Crippen LogP) is 4.53. The first-order valence-corrected chi connectivity index (χ1v) is 12.7. The third-order valence-electron chi connectivity index (χ3n) is 6.14. The fourth-order valence-corrected chi connectivity index (χ4v) is 5.33. The van der Waals surface area contributed by atoms with Crippen LogP contribution in [0.1, 0.15) is 24.1 Å². The third kappa shape index (κ3) is 3.87. The van der Waals surface area contributed by atoms with E-state index in [9.17, 15) is 4.79 Å². The van der Waals surface area contributed by atoms with Crippen molar-refractivity contribution in [3.8, 4) is 5.69 Å². The van der Waals surface area contributed by atoms with Gasteiger partial charge < -0.3 is 0 Å². The van der Waals surface area contributed by atoms with E-state index in [0.717, 1.165) is 28.0 Å². The lowest BCUT2D eigenvalue weighted by Gasteiger charge is -2.11. The maximum atomic E-state index is 13.0. The van der Waals surface area contributed by atoms with E-state index >= 15 is 0 Å². The van der Waals surface area contributed by atoms with Gasteiger partial charge >= 0.3 is 0 Å². The van der Waals surface area contributed by atoms with Crippen molar-refractivity contribution < 1.29 is 0 Å². The van der Waals surface area contributed by atoms with Crippen LogP contribution in [0.2, 0.25) is 0 Å². The molecular formula is C27H23N7OS. The zero-order chi connectivity index (χ0) is 24.5. The zero-order valence-electron chi connectivity index (χ0n) is 19.7. The van der Waals surface area contributed by atoms with Crippen LogP contribution in [-0.2, 0) is 18.7 Å². The summed E-state index contributed by atoms with van der Waals surface area (Å²) in [5.74, 6) is 2.68. The quantitative estimate of drug-likeness (QED) is 0.304. The Morgan fingerprint density at radius 3 is 2.25 bits per heavy atom. The van der Waals surface area contributed by atoms with Gasteiger partial charge in [-0.25, -0.2) is 0 Å². The van der Waals surface area contributed by atoms with E-state index in [1.165, 1.54) is 5.56 Å². The average molecular weight is 494 g/mol. The molecule has 0 saturated heterocycles. The van der Waals surface area contributed by atoms with Gasteiger partial charge in [-0.05, 0) is 36.8 Å². The molecule has 36 heavy (non-hydrogen) atoms. The molecule has 8 nitrogen and oxygen atoms in total. The highest BCUT2D eigenvalue weighted by atomic mass is 32.2. The molecule has 0 aliphatic heterocycles. The molecule has 0 aliphatic carbocycles. The Hall–Kier alpha value is -4.24. The van der Waals surface area contributed by atoms with Crippen LogP contribution in [0.15, 0.2) is 94.9 Å². The summed E-state index contributed by atoms with van der Waals surface area (Å²) in [7, 11) is 0. The van der Waals surface area contributed by atoms with E-state index in [1.54, 1.807) is 16.3 Å². The highest BCUT2D eigenvalue weighted by Crippen LogP contribution is 2.27. The molecule has 9 heteroatoms. The normalized spacial score (nSPS) is 11.5. The van der Waals surface area contributed by atoms with Crippen molar-refractivity contribution in [2.75, 3.05) is 0 Å². The summed E-state index contributed by atoms with van der Waals surface area (Å²) in [4.78, 5) is 13.0. The van der Waals surface area contributed by atoms with E-state index in [4.69, 9.17) is 0 Å². The topological polar surface area (TPSA) is 82.9 Å². The Morgan fingerprint density at radius 1 is 0.778 bits per heavy atom. The Balaban J connectivity index is 1.41. The summed E-state index contributed by atoms with van der Waals surface area (Å²) in [6, 6.07) is 28.0. The van der Waals surface area contributed by atoms with Crippen molar-refractivity contribution in [1.29, 1.82) is 0 Å². The molecule has 0 radical (unpaired) electrons. The van der Waals surface area contributed by atoms with Crippen molar-refractivity contribution in [1.82, 2.24) is 33.9 Å². The molecule has 3 aromatic carbocycles. The molecule has 0 aliphatic rings. The highest BCUT2D eigenvalue weighted by molar-refractivity contribution is 7.98. The van der Waals surface area contributed by atoms with Crippen LogP contribution in [0, 0.1) is 0 Å². The minimum Gasteiger partial charge on any atom is -0.277 e. The van der Waals surface area contributed by atoms with Gasteiger partial charge in [0.2, 0.25) is 5.78 Å². The molecule has 178 valence electrons. The number of aromatic nitrogens is 7. The van der Waals surface area contributed by atoms with Gasteiger partial charge in [0.25, 0.3) is 5.56 Å². The molecule has 0 amide bonds. The summed E-state index contributed by atoms with van der Waals surface area (Å²) in [5, 5.41) is 19.3. The SMILES string of the molecule is CCn1c(=O)c2ccccc2n2c(CSc3nnc(Cc4ccccc4)n3-c3ccccc3)nnc12. The monoisotopic (exact) mass is 493 g/mol. The molecule has 0 atom stereocenters. The van der Waals surface area contributed by atoms with Gasteiger partial charge in [-0.15, -0.1) is 20.4 Å². The predicted molar refractivity (Wildman–Crippen MR) is 141 cm³/mol. The minimum atomic E-state index is -0.0541. The van der Waals surface area contributed by atoms with Gasteiger partial charge in [0, 0.05) is 18.7 Å². The first-order chi connectivity index (χ1) is 17.7. The number of nitrogens with zero attached hydrogens (tertiary/aromatic N) is 7. The van der Waals surface area contributed by atoms with Gasteiger partial charge in [-0.2, -0.15) is 0 Å². The van der Waals surface area contributed by atoms with Gasteiger partial charge in [0.15, 0.2) is 5.16 Å². The van der Waals surface area contributed by atoms with Gasteiger partial charge in [0.05, 0.1) is 16.7 Å². The van der Waals surface area contributed by atoms with Gasteiger partial charge in [0.1, 0.15) is 11.6 Å². The van der Waals surface area contributed by atoms with Crippen LogP contribution < -0.4 is 5.56 Å². The summed E-state index contributed by atoms with van der Waals surface area (Å²) in [6.45, 7) is 2.46. The molecule has 0 unspecified atom stereocenters. The van der Waals surface area contributed by atoms with Crippen LogP contribution in [0.25, 0.3) is 22.4 Å². The number of rotatable bonds is 7. The van der Waals surface area contributed by atoms with E-state index in [2.05, 4.69) is 49.2 Å². The first-order valence-electron chi connectivity index (χ1n) is 11.8. The van der Waals surface area contributed by atoms with Crippen LogP contribution in [0.3, 0.4) is 0 Å². The second-order valence-corrected chi connectivity index (χ2v) is 9.28. The maximum absolute atomic E-state index is 13.0. The molecule has 0 bridgehead atoms. The van der Waals surface area contributed by atoms with Crippen LogP contribution in [-0.4, -0.2) is 33.9 Å². The molecule has 0 spiro atoms. The molecule has 3 aromatic heterocycles. The van der Waals surface area contributed by atoms with E-state index in [0.29, 0.717) is 29.9 Å². The van der Waals surface area contributed by atoms with Crippen molar-refractivity contribution in [2.45, 2.75) is 30.8 Å². The Labute approximate surface area is 211 Å². The number of fused-ring (bicyclic) bond motifs is 3. The van der Waals surface area contributed by atoms with E-state index in [-0.39, 0.29) is 5.56 Å². The van der Waals surface area contributed by atoms with Crippen molar-refractivity contribution in [3.63, 3.8) is 0 Å². The molecule has 6 rings (SSSR count). The summed E-state index contributed by atoms with van der Waals surface area (Å²) < 4.78 is 5.73. The van der Waals surface area contributed by atoms with Crippen molar-refractivity contribution in [2.24, 2.45) is 0 Å². The fourth-order valence-electron chi connectivity index (χ4n) is 4.45. The van der Waals surface area contributed by atoms with Crippen LogP contribution in [0.4, 0.5) is 0 Å². The molecule has 3 heterocycles.